The third kappa shape index (κ3) is 2.55. The van der Waals surface area contributed by atoms with E-state index in [0.29, 0.717) is 5.76 Å². The lowest BCUT2D eigenvalue weighted by Gasteiger charge is -2.22. The Kier molecular flexibility index (Phi) is 3.58. The number of hydrogen-bond acceptors (Lipinski definition) is 3. The van der Waals surface area contributed by atoms with Crippen LogP contribution in [0, 0.1) is 0 Å². The number of amides is 3. The summed E-state index contributed by atoms with van der Waals surface area (Å²) in [5.74, 6) is -0.0499. The summed E-state index contributed by atoms with van der Waals surface area (Å²) in [6, 6.07) is 10.9. The van der Waals surface area contributed by atoms with Gasteiger partial charge in [0, 0.05) is 11.7 Å². The van der Waals surface area contributed by atoms with Crippen molar-refractivity contribution >= 4 is 17.6 Å². The van der Waals surface area contributed by atoms with Gasteiger partial charge in [-0.1, -0.05) is 18.2 Å². The first kappa shape index (κ1) is 14.2. The van der Waals surface area contributed by atoms with Crippen LogP contribution in [0.3, 0.4) is 0 Å². The molecule has 0 radical (unpaired) electrons. The molecule has 6 heteroatoms. The monoisotopic (exact) mass is 299 g/mol. The summed E-state index contributed by atoms with van der Waals surface area (Å²) in [7, 11) is 0. The zero-order valence-corrected chi connectivity index (χ0v) is 12.2. The van der Waals surface area contributed by atoms with Crippen molar-refractivity contribution in [3.63, 3.8) is 0 Å². The van der Waals surface area contributed by atoms with Crippen LogP contribution >= 0.6 is 0 Å². The van der Waals surface area contributed by atoms with Gasteiger partial charge in [0.2, 0.25) is 0 Å². The van der Waals surface area contributed by atoms with Gasteiger partial charge in [0.15, 0.2) is 5.76 Å². The minimum atomic E-state index is -0.625. The molecule has 2 aromatic rings. The molecule has 22 heavy (non-hydrogen) atoms. The number of fused-ring (bicyclic) bond motifs is 1. The number of urea groups is 1. The lowest BCUT2D eigenvalue weighted by Crippen LogP contribution is -2.42. The first-order chi connectivity index (χ1) is 10.6. The van der Waals surface area contributed by atoms with E-state index in [4.69, 9.17) is 10.2 Å². The minimum absolute atomic E-state index is 0.0872. The van der Waals surface area contributed by atoms with Crippen LogP contribution in [0.15, 0.2) is 40.8 Å². The number of hydrogen-bond donors (Lipinski definition) is 2. The summed E-state index contributed by atoms with van der Waals surface area (Å²) in [4.78, 5) is 25.1. The average molecular weight is 299 g/mol. The van der Waals surface area contributed by atoms with Crippen molar-refractivity contribution < 1.29 is 14.0 Å². The first-order valence-corrected chi connectivity index (χ1v) is 7.09. The molecule has 0 fully saturated rings. The number of furan rings is 1. The Labute approximate surface area is 127 Å². The molecule has 0 saturated heterocycles. The standard InChI is InChI=1S/C16H17N3O3/c1-10-8-11-4-2-3-5-13(11)19(10)16(21)18-9-12-6-7-14(22-12)15(17)20/h2-7,10H,8-9H2,1H3,(H2,17,20)(H,18,21). The van der Waals surface area contributed by atoms with Crippen LogP contribution < -0.4 is 16.0 Å². The number of benzene rings is 1. The number of carbonyl (C=O) groups excluding carboxylic acids is 2. The number of rotatable bonds is 3. The molecule has 3 amide bonds. The van der Waals surface area contributed by atoms with E-state index in [2.05, 4.69) is 5.32 Å². The summed E-state index contributed by atoms with van der Waals surface area (Å²) < 4.78 is 5.25. The van der Waals surface area contributed by atoms with Crippen LogP contribution in [-0.2, 0) is 13.0 Å². The largest absolute Gasteiger partial charge is 0.454 e. The van der Waals surface area contributed by atoms with Crippen molar-refractivity contribution in [2.75, 3.05) is 4.90 Å². The third-order valence-corrected chi connectivity index (χ3v) is 3.74. The molecule has 1 unspecified atom stereocenters. The van der Waals surface area contributed by atoms with Gasteiger partial charge in [-0.15, -0.1) is 0 Å². The zero-order valence-electron chi connectivity index (χ0n) is 12.2. The van der Waals surface area contributed by atoms with Gasteiger partial charge in [-0.05, 0) is 37.1 Å². The fourth-order valence-corrected chi connectivity index (χ4v) is 2.73. The summed E-state index contributed by atoms with van der Waals surface area (Å²) in [5.41, 5.74) is 7.23. The molecule has 1 aliphatic rings. The Hall–Kier alpha value is -2.76. The number of carbonyl (C=O) groups is 2. The highest BCUT2D eigenvalue weighted by atomic mass is 16.4. The Morgan fingerprint density at radius 1 is 1.32 bits per heavy atom. The molecule has 2 heterocycles. The summed E-state index contributed by atoms with van der Waals surface area (Å²) in [6.07, 6.45) is 0.843. The lowest BCUT2D eigenvalue weighted by atomic mass is 10.1. The molecule has 1 aromatic heterocycles. The second-order valence-electron chi connectivity index (χ2n) is 5.34. The van der Waals surface area contributed by atoms with Crippen molar-refractivity contribution in [3.8, 4) is 0 Å². The molecule has 3 N–H and O–H groups in total. The predicted octanol–water partition coefficient (Wildman–Crippen LogP) is 2.04. The van der Waals surface area contributed by atoms with E-state index in [0.717, 1.165) is 12.1 Å². The van der Waals surface area contributed by atoms with E-state index < -0.39 is 5.91 Å². The van der Waals surface area contributed by atoms with E-state index in [1.165, 1.54) is 11.6 Å². The quantitative estimate of drug-likeness (QED) is 0.909. The first-order valence-electron chi connectivity index (χ1n) is 7.09. The van der Waals surface area contributed by atoms with Crippen LogP contribution in [0.5, 0.6) is 0 Å². The predicted molar refractivity (Wildman–Crippen MR) is 81.5 cm³/mol. The molecule has 3 rings (SSSR count). The van der Waals surface area contributed by atoms with Crippen molar-refractivity contribution in [1.29, 1.82) is 0 Å². The van der Waals surface area contributed by atoms with E-state index in [1.54, 1.807) is 11.0 Å². The van der Waals surface area contributed by atoms with Crippen LogP contribution in [0.4, 0.5) is 10.5 Å². The van der Waals surface area contributed by atoms with E-state index >= 15 is 0 Å². The second-order valence-corrected chi connectivity index (χ2v) is 5.34. The van der Waals surface area contributed by atoms with E-state index in [-0.39, 0.29) is 24.4 Å². The molecule has 1 atom stereocenters. The highest BCUT2D eigenvalue weighted by Gasteiger charge is 2.30. The van der Waals surface area contributed by atoms with Crippen LogP contribution in [0.1, 0.15) is 28.8 Å². The summed E-state index contributed by atoms with van der Waals surface area (Å²) >= 11 is 0. The number of anilines is 1. The fourth-order valence-electron chi connectivity index (χ4n) is 2.73. The van der Waals surface area contributed by atoms with Crippen LogP contribution in [0.2, 0.25) is 0 Å². The molecule has 1 aromatic carbocycles. The SMILES string of the molecule is CC1Cc2ccccc2N1C(=O)NCc1ccc(C(N)=O)o1. The molecule has 0 aliphatic carbocycles. The van der Waals surface area contributed by atoms with Crippen LogP contribution in [0.25, 0.3) is 0 Å². The Morgan fingerprint density at radius 2 is 2.09 bits per heavy atom. The van der Waals surface area contributed by atoms with Crippen molar-refractivity contribution in [3.05, 3.63) is 53.5 Å². The minimum Gasteiger partial charge on any atom is -0.454 e. The summed E-state index contributed by atoms with van der Waals surface area (Å²) in [5, 5.41) is 2.81. The highest BCUT2D eigenvalue weighted by molar-refractivity contribution is 5.95. The zero-order chi connectivity index (χ0) is 15.7. The van der Waals surface area contributed by atoms with Crippen molar-refractivity contribution in [2.45, 2.75) is 25.9 Å². The molecular formula is C16H17N3O3. The van der Waals surface area contributed by atoms with E-state index in [9.17, 15) is 9.59 Å². The topological polar surface area (TPSA) is 88.6 Å². The van der Waals surface area contributed by atoms with Gasteiger partial charge in [0.1, 0.15) is 5.76 Å². The second kappa shape index (κ2) is 5.55. The number of nitrogens with one attached hydrogen (secondary N) is 1. The van der Waals surface area contributed by atoms with Gasteiger partial charge >= 0.3 is 6.03 Å². The molecule has 0 bridgehead atoms. The van der Waals surface area contributed by atoms with Gasteiger partial charge in [0.25, 0.3) is 5.91 Å². The maximum Gasteiger partial charge on any atom is 0.322 e. The van der Waals surface area contributed by atoms with Gasteiger partial charge < -0.3 is 15.5 Å². The van der Waals surface area contributed by atoms with Gasteiger partial charge in [-0.2, -0.15) is 0 Å². The van der Waals surface area contributed by atoms with Gasteiger partial charge in [-0.3, -0.25) is 9.69 Å². The number of nitrogens with two attached hydrogens (primary N) is 1. The Morgan fingerprint density at radius 3 is 2.82 bits per heavy atom. The molecule has 6 nitrogen and oxygen atoms in total. The lowest BCUT2D eigenvalue weighted by molar-refractivity contribution is 0.0972. The molecule has 1 aliphatic heterocycles. The van der Waals surface area contributed by atoms with Crippen LogP contribution in [-0.4, -0.2) is 18.0 Å². The Balaban J connectivity index is 1.68. The van der Waals surface area contributed by atoms with Gasteiger partial charge in [0.05, 0.1) is 6.54 Å². The molecule has 0 saturated carbocycles. The van der Waals surface area contributed by atoms with Crippen molar-refractivity contribution in [1.82, 2.24) is 5.32 Å². The number of primary amides is 1. The maximum atomic E-state index is 12.4. The normalized spacial score (nSPS) is 16.4. The third-order valence-electron chi connectivity index (χ3n) is 3.74. The smallest absolute Gasteiger partial charge is 0.322 e. The highest BCUT2D eigenvalue weighted by Crippen LogP contribution is 2.31. The molecule has 114 valence electrons. The van der Waals surface area contributed by atoms with Crippen molar-refractivity contribution in [2.24, 2.45) is 5.73 Å². The maximum absolute atomic E-state index is 12.4. The number of nitrogens with zero attached hydrogens (tertiary/aromatic N) is 1. The average Bonchev–Trinajstić information content (AvgIpc) is 3.08. The summed E-state index contributed by atoms with van der Waals surface area (Å²) in [6.45, 7) is 2.22. The Bertz CT molecular complexity index is 723. The molecule has 0 spiro atoms. The number of para-hydroxylation sites is 1. The van der Waals surface area contributed by atoms with Gasteiger partial charge in [-0.25, -0.2) is 4.79 Å². The molecular weight excluding hydrogens is 282 g/mol. The van der Waals surface area contributed by atoms with E-state index in [1.807, 2.05) is 31.2 Å². The fraction of sp³-hybridized carbons (Fsp3) is 0.250.